The topological polar surface area (TPSA) is 84.7 Å². The first-order chi connectivity index (χ1) is 8.82. The van der Waals surface area contributed by atoms with Crippen molar-refractivity contribution >= 4 is 39.1 Å². The van der Waals surface area contributed by atoms with Crippen LogP contribution in [0.2, 0.25) is 0 Å². The number of thiophene rings is 1. The number of nitrogens with two attached hydrogens (primary N) is 2. The lowest BCUT2D eigenvalue weighted by Crippen LogP contribution is -2.42. The molecular weight excluding hydrogens is 328 g/mol. The first kappa shape index (κ1) is 14.1. The molecule has 0 radical (unpaired) electrons. The number of nitrogens with zero attached hydrogens (tertiary/aromatic N) is 2. The van der Waals surface area contributed by atoms with Crippen molar-refractivity contribution in [3.8, 4) is 0 Å². The maximum Gasteiger partial charge on any atom is 0.243 e. The SMILES string of the molecule is CN1C(N)=N[C@](C)(c2cc(Br)cs2)C/C1=C/C(N)=O. The van der Waals surface area contributed by atoms with E-state index in [1.165, 1.54) is 6.08 Å². The van der Waals surface area contributed by atoms with Gasteiger partial charge < -0.3 is 16.4 Å². The Morgan fingerprint density at radius 2 is 2.37 bits per heavy atom. The predicted octanol–water partition coefficient (Wildman–Crippen LogP) is 1.75. The molecule has 0 saturated heterocycles. The van der Waals surface area contributed by atoms with E-state index < -0.39 is 11.4 Å². The van der Waals surface area contributed by atoms with E-state index in [-0.39, 0.29) is 0 Å². The molecule has 4 N–H and O–H groups in total. The Hall–Kier alpha value is -1.34. The molecule has 0 aromatic carbocycles. The molecule has 1 aromatic rings. The fourth-order valence-electron chi connectivity index (χ4n) is 2.04. The molecule has 19 heavy (non-hydrogen) atoms. The molecule has 1 aromatic heterocycles. The average molecular weight is 343 g/mol. The number of rotatable bonds is 2. The van der Waals surface area contributed by atoms with Crippen LogP contribution in [0.3, 0.4) is 0 Å². The van der Waals surface area contributed by atoms with Gasteiger partial charge in [-0.1, -0.05) is 0 Å². The molecule has 1 amide bonds. The zero-order chi connectivity index (χ0) is 14.2. The highest BCUT2D eigenvalue weighted by Gasteiger charge is 2.35. The molecule has 1 atom stereocenters. The fourth-order valence-corrected chi connectivity index (χ4v) is 3.57. The molecule has 102 valence electrons. The van der Waals surface area contributed by atoms with E-state index >= 15 is 0 Å². The standard InChI is InChI=1S/C12H15BrN4OS/c1-12(9-3-7(13)6-19-9)5-8(4-10(14)18)17(2)11(15)16-12/h3-4,6H,5H2,1-2H3,(H2,14,18)(H2,15,16)/b8-4-/t12-/m0/s1. The minimum absolute atomic E-state index is 0.380. The van der Waals surface area contributed by atoms with Crippen LogP contribution in [0.25, 0.3) is 0 Å². The van der Waals surface area contributed by atoms with Gasteiger partial charge in [0.1, 0.15) is 5.54 Å². The Labute approximate surface area is 124 Å². The highest BCUT2D eigenvalue weighted by Crippen LogP contribution is 2.40. The summed E-state index contributed by atoms with van der Waals surface area (Å²) in [7, 11) is 1.78. The van der Waals surface area contributed by atoms with Crippen LogP contribution in [-0.4, -0.2) is 23.8 Å². The zero-order valence-electron chi connectivity index (χ0n) is 10.7. The summed E-state index contributed by atoms with van der Waals surface area (Å²) >= 11 is 5.04. The van der Waals surface area contributed by atoms with E-state index in [1.54, 1.807) is 23.3 Å². The van der Waals surface area contributed by atoms with Crippen molar-refractivity contribution in [3.63, 3.8) is 0 Å². The summed E-state index contributed by atoms with van der Waals surface area (Å²) in [6.45, 7) is 2.00. The van der Waals surface area contributed by atoms with Gasteiger partial charge in [0.25, 0.3) is 0 Å². The van der Waals surface area contributed by atoms with Gasteiger partial charge in [0.15, 0.2) is 5.96 Å². The van der Waals surface area contributed by atoms with Gasteiger partial charge in [0, 0.05) is 40.0 Å². The van der Waals surface area contributed by atoms with Crippen LogP contribution in [0.4, 0.5) is 0 Å². The molecule has 0 saturated carbocycles. The molecule has 1 aliphatic rings. The number of halogens is 1. The number of amides is 1. The highest BCUT2D eigenvalue weighted by molar-refractivity contribution is 9.10. The van der Waals surface area contributed by atoms with Crippen molar-refractivity contribution in [2.75, 3.05) is 7.05 Å². The van der Waals surface area contributed by atoms with Crippen LogP contribution >= 0.6 is 27.3 Å². The van der Waals surface area contributed by atoms with Crippen LogP contribution in [0.1, 0.15) is 18.2 Å². The van der Waals surface area contributed by atoms with Crippen molar-refractivity contribution in [2.24, 2.45) is 16.5 Å². The number of carbonyl (C=O) groups excluding carboxylic acids is 1. The van der Waals surface area contributed by atoms with E-state index in [0.29, 0.717) is 12.4 Å². The second-order valence-corrected chi connectivity index (χ2v) is 6.47. The smallest absolute Gasteiger partial charge is 0.243 e. The van der Waals surface area contributed by atoms with Crippen LogP contribution in [-0.2, 0) is 10.3 Å². The summed E-state index contributed by atoms with van der Waals surface area (Å²) in [6.07, 6.45) is 1.99. The predicted molar refractivity (Wildman–Crippen MR) is 80.7 cm³/mol. The number of guanidine groups is 1. The van der Waals surface area contributed by atoms with E-state index in [9.17, 15) is 4.79 Å². The van der Waals surface area contributed by atoms with Gasteiger partial charge >= 0.3 is 0 Å². The fraction of sp³-hybridized carbons (Fsp3) is 0.333. The Morgan fingerprint density at radius 1 is 1.68 bits per heavy atom. The second kappa shape index (κ2) is 4.97. The third-order valence-electron chi connectivity index (χ3n) is 3.07. The van der Waals surface area contributed by atoms with Crippen LogP contribution in [0, 0.1) is 0 Å². The van der Waals surface area contributed by atoms with Gasteiger partial charge in [-0.05, 0) is 28.9 Å². The maximum atomic E-state index is 11.1. The first-order valence-electron chi connectivity index (χ1n) is 5.65. The third-order valence-corrected chi connectivity index (χ3v) is 5.01. The monoisotopic (exact) mass is 342 g/mol. The van der Waals surface area contributed by atoms with Gasteiger partial charge in [-0.3, -0.25) is 4.79 Å². The minimum Gasteiger partial charge on any atom is -0.370 e. The number of hydrogen-bond acceptors (Lipinski definition) is 5. The van der Waals surface area contributed by atoms with E-state index in [4.69, 9.17) is 11.5 Å². The molecular formula is C12H15BrN4OS. The van der Waals surface area contributed by atoms with Crippen LogP contribution < -0.4 is 11.5 Å². The van der Waals surface area contributed by atoms with Gasteiger partial charge in [-0.15, -0.1) is 11.3 Å². The largest absolute Gasteiger partial charge is 0.370 e. The highest BCUT2D eigenvalue weighted by atomic mass is 79.9. The quantitative estimate of drug-likeness (QED) is 0.803. The molecule has 0 bridgehead atoms. The number of primary amides is 1. The normalized spacial score (nSPS) is 25.5. The van der Waals surface area contributed by atoms with Gasteiger partial charge in [-0.2, -0.15) is 0 Å². The summed E-state index contributed by atoms with van der Waals surface area (Å²) in [5.74, 6) is -0.1000. The third kappa shape index (κ3) is 2.82. The zero-order valence-corrected chi connectivity index (χ0v) is 13.1. The van der Waals surface area contributed by atoms with Crippen molar-refractivity contribution in [3.05, 3.63) is 32.6 Å². The van der Waals surface area contributed by atoms with Crippen molar-refractivity contribution < 1.29 is 4.79 Å². The number of aliphatic imine (C=N–C) groups is 1. The molecule has 2 heterocycles. The molecule has 0 aliphatic carbocycles. The number of hydrogen-bond donors (Lipinski definition) is 2. The molecule has 0 spiro atoms. The van der Waals surface area contributed by atoms with E-state index in [1.807, 2.05) is 18.4 Å². The Balaban J connectivity index is 2.45. The summed E-state index contributed by atoms with van der Waals surface area (Å²) in [6, 6.07) is 2.02. The summed E-state index contributed by atoms with van der Waals surface area (Å²) in [4.78, 5) is 18.4. The summed E-state index contributed by atoms with van der Waals surface area (Å²) < 4.78 is 1.02. The second-order valence-electron chi connectivity index (χ2n) is 4.65. The van der Waals surface area contributed by atoms with Gasteiger partial charge in [-0.25, -0.2) is 4.99 Å². The van der Waals surface area contributed by atoms with Gasteiger partial charge in [0.05, 0.1) is 0 Å². The van der Waals surface area contributed by atoms with Crippen LogP contribution in [0.5, 0.6) is 0 Å². The molecule has 5 nitrogen and oxygen atoms in total. The number of carbonyl (C=O) groups is 1. The first-order valence-corrected chi connectivity index (χ1v) is 7.33. The lowest BCUT2D eigenvalue weighted by molar-refractivity contribution is -0.113. The Morgan fingerprint density at radius 3 is 2.89 bits per heavy atom. The molecule has 2 rings (SSSR count). The summed E-state index contributed by atoms with van der Waals surface area (Å²) in [5.41, 5.74) is 11.5. The molecule has 1 aliphatic heterocycles. The lowest BCUT2D eigenvalue weighted by Gasteiger charge is -2.36. The minimum atomic E-state index is -0.480. The Kier molecular flexibility index (Phi) is 3.69. The lowest BCUT2D eigenvalue weighted by atomic mass is 9.92. The summed E-state index contributed by atoms with van der Waals surface area (Å²) in [5, 5.41) is 2.00. The van der Waals surface area contributed by atoms with Gasteiger partial charge in [0.2, 0.25) is 5.91 Å². The van der Waals surface area contributed by atoms with Crippen molar-refractivity contribution in [2.45, 2.75) is 18.9 Å². The molecule has 0 unspecified atom stereocenters. The van der Waals surface area contributed by atoms with E-state index in [0.717, 1.165) is 15.0 Å². The maximum absolute atomic E-state index is 11.1. The Bertz CT molecular complexity index is 580. The molecule has 7 heteroatoms. The van der Waals surface area contributed by atoms with Crippen LogP contribution in [0.15, 0.2) is 32.7 Å². The van der Waals surface area contributed by atoms with Crippen molar-refractivity contribution in [1.82, 2.24) is 4.90 Å². The molecule has 0 fully saturated rings. The van der Waals surface area contributed by atoms with Crippen molar-refractivity contribution in [1.29, 1.82) is 0 Å². The van der Waals surface area contributed by atoms with E-state index in [2.05, 4.69) is 20.9 Å². The average Bonchev–Trinajstić information content (AvgIpc) is 2.72.